The molecule has 0 aromatic heterocycles. The molecule has 6 heteroatoms. The van der Waals surface area contributed by atoms with Crippen LogP contribution in [0.4, 0.5) is 5.69 Å². The first-order valence-electron chi connectivity index (χ1n) is 4.54. The summed E-state index contributed by atoms with van der Waals surface area (Å²) in [6.07, 6.45) is -1.53. The third-order valence-electron chi connectivity index (χ3n) is 2.08. The Morgan fingerprint density at radius 2 is 2.19 bits per heavy atom. The van der Waals surface area contributed by atoms with Crippen molar-refractivity contribution < 1.29 is 19.6 Å². The third kappa shape index (κ3) is 2.77. The maximum atomic E-state index is 10.9. The molecule has 1 N–H and O–H groups in total. The number of carbonyl (C=O) groups excluding carboxylic acids is 1. The zero-order chi connectivity index (χ0) is 12.1. The van der Waals surface area contributed by atoms with Gasteiger partial charge in [0.05, 0.1) is 30.1 Å². The van der Waals surface area contributed by atoms with E-state index in [-0.39, 0.29) is 17.7 Å². The fraction of sp³-hybridized carbons (Fsp3) is 0.300. The molecule has 86 valence electrons. The van der Waals surface area contributed by atoms with E-state index in [0.29, 0.717) is 0 Å². The number of aliphatic hydroxyl groups is 1. The fourth-order valence-corrected chi connectivity index (χ4v) is 1.29. The average molecular weight is 225 g/mol. The largest absolute Gasteiger partial charge is 0.469 e. The van der Waals surface area contributed by atoms with Crippen molar-refractivity contribution in [2.45, 2.75) is 12.5 Å². The molecule has 0 fully saturated rings. The van der Waals surface area contributed by atoms with Crippen LogP contribution in [-0.2, 0) is 9.53 Å². The van der Waals surface area contributed by atoms with E-state index < -0.39 is 17.0 Å². The lowest BCUT2D eigenvalue weighted by Crippen LogP contribution is -2.09. The van der Waals surface area contributed by atoms with Gasteiger partial charge in [0.15, 0.2) is 0 Å². The summed E-state index contributed by atoms with van der Waals surface area (Å²) in [6.45, 7) is 0. The second kappa shape index (κ2) is 5.22. The number of hydrogen-bond donors (Lipinski definition) is 1. The van der Waals surface area contributed by atoms with Crippen LogP contribution in [0.1, 0.15) is 18.1 Å². The van der Waals surface area contributed by atoms with E-state index in [1.165, 1.54) is 25.3 Å². The first kappa shape index (κ1) is 12.1. The summed E-state index contributed by atoms with van der Waals surface area (Å²) in [4.78, 5) is 21.0. The van der Waals surface area contributed by atoms with Gasteiger partial charge in [-0.15, -0.1) is 0 Å². The Morgan fingerprint density at radius 1 is 1.56 bits per heavy atom. The summed E-state index contributed by atoms with van der Waals surface area (Å²) in [6, 6.07) is 5.73. The fourth-order valence-electron chi connectivity index (χ4n) is 1.29. The number of ether oxygens (including phenoxy) is 1. The van der Waals surface area contributed by atoms with Gasteiger partial charge in [-0.2, -0.15) is 0 Å². The van der Waals surface area contributed by atoms with Gasteiger partial charge >= 0.3 is 5.97 Å². The van der Waals surface area contributed by atoms with E-state index in [0.717, 1.165) is 0 Å². The highest BCUT2D eigenvalue weighted by Crippen LogP contribution is 2.26. The van der Waals surface area contributed by atoms with E-state index in [4.69, 9.17) is 0 Å². The van der Waals surface area contributed by atoms with Gasteiger partial charge < -0.3 is 9.84 Å². The number of benzene rings is 1. The van der Waals surface area contributed by atoms with Gasteiger partial charge in [0.1, 0.15) is 0 Å². The van der Waals surface area contributed by atoms with E-state index in [9.17, 15) is 20.0 Å². The molecule has 0 aliphatic rings. The number of aliphatic hydroxyl groups excluding tert-OH is 1. The molecule has 0 saturated carbocycles. The maximum Gasteiger partial charge on any atom is 0.308 e. The van der Waals surface area contributed by atoms with Crippen LogP contribution < -0.4 is 0 Å². The quantitative estimate of drug-likeness (QED) is 0.472. The molecule has 0 heterocycles. The highest BCUT2D eigenvalue weighted by atomic mass is 16.6. The molecule has 0 spiro atoms. The Bertz CT molecular complexity index is 404. The summed E-state index contributed by atoms with van der Waals surface area (Å²) >= 11 is 0. The van der Waals surface area contributed by atoms with Gasteiger partial charge in [-0.25, -0.2) is 0 Å². The zero-order valence-corrected chi connectivity index (χ0v) is 8.62. The van der Waals surface area contributed by atoms with E-state index >= 15 is 0 Å². The summed E-state index contributed by atoms with van der Waals surface area (Å²) in [5, 5.41) is 20.3. The van der Waals surface area contributed by atoms with Gasteiger partial charge in [0.25, 0.3) is 5.69 Å². The number of rotatable bonds is 4. The number of carbonyl (C=O) groups is 1. The standard InChI is InChI=1S/C10H11NO5/c1-16-10(13)6-9(12)7-4-2-3-5-8(7)11(14)15/h2-5,9,12H,6H2,1H3/t9-/m1/s1. The normalized spacial score (nSPS) is 11.9. The lowest BCUT2D eigenvalue weighted by atomic mass is 10.0. The van der Waals surface area contributed by atoms with Crippen molar-refractivity contribution in [2.75, 3.05) is 7.11 Å². The van der Waals surface area contributed by atoms with Crippen molar-refractivity contribution in [1.82, 2.24) is 0 Å². The van der Waals surface area contributed by atoms with Crippen molar-refractivity contribution >= 4 is 11.7 Å². The van der Waals surface area contributed by atoms with Crippen LogP contribution >= 0.6 is 0 Å². The van der Waals surface area contributed by atoms with Crippen LogP contribution in [0.2, 0.25) is 0 Å². The second-order valence-electron chi connectivity index (χ2n) is 3.11. The molecule has 0 saturated heterocycles. The van der Waals surface area contributed by atoms with Gasteiger partial charge in [-0.3, -0.25) is 14.9 Å². The minimum atomic E-state index is -1.23. The first-order chi connectivity index (χ1) is 7.56. The van der Waals surface area contributed by atoms with E-state index in [2.05, 4.69) is 4.74 Å². The summed E-state index contributed by atoms with van der Waals surface area (Å²) in [5.41, 5.74) is -0.100. The Morgan fingerprint density at radius 3 is 2.75 bits per heavy atom. The molecule has 0 bridgehead atoms. The topological polar surface area (TPSA) is 89.7 Å². The lowest BCUT2D eigenvalue weighted by Gasteiger charge is -2.09. The van der Waals surface area contributed by atoms with Crippen LogP contribution in [0.3, 0.4) is 0 Å². The molecule has 0 aliphatic heterocycles. The number of hydrogen-bond acceptors (Lipinski definition) is 5. The molecule has 1 atom stereocenters. The van der Waals surface area contributed by atoms with Crippen molar-refractivity contribution in [3.8, 4) is 0 Å². The van der Waals surface area contributed by atoms with E-state index in [1.54, 1.807) is 6.07 Å². The predicted molar refractivity (Wildman–Crippen MR) is 54.7 cm³/mol. The van der Waals surface area contributed by atoms with Crippen molar-refractivity contribution in [3.05, 3.63) is 39.9 Å². The number of para-hydroxylation sites is 1. The van der Waals surface area contributed by atoms with Crippen molar-refractivity contribution in [3.63, 3.8) is 0 Å². The second-order valence-corrected chi connectivity index (χ2v) is 3.11. The smallest absolute Gasteiger partial charge is 0.308 e. The molecule has 1 aromatic carbocycles. The highest BCUT2D eigenvalue weighted by molar-refractivity contribution is 5.70. The number of methoxy groups -OCH3 is 1. The van der Waals surface area contributed by atoms with Crippen LogP contribution in [-0.4, -0.2) is 23.1 Å². The van der Waals surface area contributed by atoms with Crippen LogP contribution in [0.5, 0.6) is 0 Å². The number of nitro groups is 1. The SMILES string of the molecule is COC(=O)C[C@@H](O)c1ccccc1[N+](=O)[O-]. The predicted octanol–water partition coefficient (Wildman–Crippen LogP) is 1.19. The van der Waals surface area contributed by atoms with Crippen LogP contribution in [0, 0.1) is 10.1 Å². The first-order valence-corrected chi connectivity index (χ1v) is 4.54. The summed E-state index contributed by atoms with van der Waals surface area (Å²) in [7, 11) is 1.19. The summed E-state index contributed by atoms with van der Waals surface area (Å²) < 4.78 is 4.37. The molecule has 0 amide bonds. The minimum Gasteiger partial charge on any atom is -0.469 e. The number of esters is 1. The molecular weight excluding hydrogens is 214 g/mol. The lowest BCUT2D eigenvalue weighted by molar-refractivity contribution is -0.386. The van der Waals surface area contributed by atoms with Crippen LogP contribution in [0.15, 0.2) is 24.3 Å². The van der Waals surface area contributed by atoms with Gasteiger partial charge in [0, 0.05) is 6.07 Å². The molecule has 0 radical (unpaired) electrons. The monoisotopic (exact) mass is 225 g/mol. The Balaban J connectivity index is 2.94. The van der Waals surface area contributed by atoms with Gasteiger partial charge in [-0.05, 0) is 6.07 Å². The van der Waals surface area contributed by atoms with Gasteiger partial charge in [-0.1, -0.05) is 12.1 Å². The summed E-state index contributed by atoms with van der Waals surface area (Å²) in [5.74, 6) is -0.620. The number of nitro benzene ring substituents is 1. The number of nitrogens with zero attached hydrogens (tertiary/aromatic N) is 1. The molecule has 6 nitrogen and oxygen atoms in total. The molecular formula is C10H11NO5. The van der Waals surface area contributed by atoms with Gasteiger partial charge in [0.2, 0.25) is 0 Å². The molecule has 0 aliphatic carbocycles. The third-order valence-corrected chi connectivity index (χ3v) is 2.08. The molecule has 1 aromatic rings. The van der Waals surface area contributed by atoms with Crippen LogP contribution in [0.25, 0.3) is 0 Å². The maximum absolute atomic E-state index is 10.9. The van der Waals surface area contributed by atoms with E-state index in [1.807, 2.05) is 0 Å². The van der Waals surface area contributed by atoms with Crippen molar-refractivity contribution in [2.24, 2.45) is 0 Å². The highest BCUT2D eigenvalue weighted by Gasteiger charge is 2.21. The Labute approximate surface area is 91.6 Å². The molecule has 16 heavy (non-hydrogen) atoms. The minimum absolute atomic E-state index is 0.109. The molecule has 0 unspecified atom stereocenters. The Hall–Kier alpha value is -1.95. The molecule has 1 rings (SSSR count). The van der Waals surface area contributed by atoms with Crippen molar-refractivity contribution in [1.29, 1.82) is 0 Å². The average Bonchev–Trinajstić information content (AvgIpc) is 2.28. The zero-order valence-electron chi connectivity index (χ0n) is 8.62. The Kier molecular flexibility index (Phi) is 3.96.